The molecule has 1 aliphatic heterocycles. The molecule has 0 spiro atoms. The molecule has 2 heterocycles. The minimum Gasteiger partial charge on any atom is -0.369 e. The monoisotopic (exact) mass is 234 g/mol. The zero-order valence-corrected chi connectivity index (χ0v) is 9.80. The zero-order chi connectivity index (χ0) is 12.6. The average Bonchev–Trinajstić information content (AvgIpc) is 2.59. The molecule has 0 aliphatic carbocycles. The number of amides is 2. The van der Waals surface area contributed by atoms with Gasteiger partial charge in [-0.05, 0) is 19.9 Å². The van der Waals surface area contributed by atoms with Gasteiger partial charge in [0.15, 0.2) is 0 Å². The van der Waals surface area contributed by atoms with Crippen LogP contribution in [0.2, 0.25) is 0 Å². The summed E-state index contributed by atoms with van der Waals surface area (Å²) in [5.41, 5.74) is 6.79. The minimum absolute atomic E-state index is 0.145. The molecule has 2 amide bonds. The predicted molar refractivity (Wildman–Crippen MR) is 61.2 cm³/mol. The molecule has 0 radical (unpaired) electrons. The topological polar surface area (TPSA) is 89.2 Å². The van der Waals surface area contributed by atoms with Crippen LogP contribution in [0, 0.1) is 19.8 Å². The summed E-state index contributed by atoms with van der Waals surface area (Å²) in [6.45, 7) is 3.95. The number of nitrogens with two attached hydrogens (primary N) is 1. The number of aryl methyl sites for hydroxylation is 2. The number of aromatic nitrogens is 2. The van der Waals surface area contributed by atoms with Crippen molar-refractivity contribution in [2.24, 2.45) is 11.7 Å². The summed E-state index contributed by atoms with van der Waals surface area (Å²) in [6, 6.07) is 1.83. The highest BCUT2D eigenvalue weighted by Gasteiger charge is 2.35. The molecule has 6 heteroatoms. The van der Waals surface area contributed by atoms with E-state index < -0.39 is 11.8 Å². The van der Waals surface area contributed by atoms with Crippen molar-refractivity contribution in [3.05, 3.63) is 17.5 Å². The second-order valence-corrected chi connectivity index (χ2v) is 4.26. The van der Waals surface area contributed by atoms with E-state index in [2.05, 4.69) is 9.97 Å². The van der Waals surface area contributed by atoms with Gasteiger partial charge in [-0.1, -0.05) is 0 Å². The maximum Gasteiger partial charge on any atom is 0.232 e. The van der Waals surface area contributed by atoms with Crippen molar-refractivity contribution in [1.82, 2.24) is 9.97 Å². The Morgan fingerprint density at radius 3 is 2.47 bits per heavy atom. The molecule has 1 fully saturated rings. The first-order chi connectivity index (χ1) is 7.97. The molecule has 1 atom stereocenters. The first kappa shape index (κ1) is 11.5. The van der Waals surface area contributed by atoms with Crippen LogP contribution >= 0.6 is 0 Å². The van der Waals surface area contributed by atoms with Crippen LogP contribution in [0.3, 0.4) is 0 Å². The molecule has 6 nitrogen and oxygen atoms in total. The summed E-state index contributed by atoms with van der Waals surface area (Å²) in [4.78, 5) is 32.6. The summed E-state index contributed by atoms with van der Waals surface area (Å²) in [5, 5.41) is 0. The highest BCUT2D eigenvalue weighted by atomic mass is 16.2. The largest absolute Gasteiger partial charge is 0.369 e. The van der Waals surface area contributed by atoms with Crippen molar-refractivity contribution >= 4 is 17.8 Å². The van der Waals surface area contributed by atoms with Gasteiger partial charge >= 0.3 is 0 Å². The molecular weight excluding hydrogens is 220 g/mol. The Morgan fingerprint density at radius 2 is 2.00 bits per heavy atom. The van der Waals surface area contributed by atoms with Gasteiger partial charge in [0.25, 0.3) is 0 Å². The first-order valence-corrected chi connectivity index (χ1v) is 5.39. The molecule has 0 bridgehead atoms. The third-order valence-electron chi connectivity index (χ3n) is 2.74. The number of carbonyl (C=O) groups excluding carboxylic acids is 2. The Hall–Kier alpha value is -1.98. The summed E-state index contributed by atoms with van der Waals surface area (Å²) in [6.07, 6.45) is 0.145. The fourth-order valence-corrected chi connectivity index (χ4v) is 1.92. The number of primary amides is 1. The van der Waals surface area contributed by atoms with Crippen molar-refractivity contribution in [2.75, 3.05) is 11.4 Å². The highest BCUT2D eigenvalue weighted by molar-refractivity contribution is 5.98. The van der Waals surface area contributed by atoms with Gasteiger partial charge in [-0.3, -0.25) is 14.5 Å². The van der Waals surface area contributed by atoms with Crippen molar-refractivity contribution in [3.63, 3.8) is 0 Å². The van der Waals surface area contributed by atoms with Gasteiger partial charge in [-0.2, -0.15) is 0 Å². The van der Waals surface area contributed by atoms with Gasteiger partial charge in [0.2, 0.25) is 17.8 Å². The van der Waals surface area contributed by atoms with Gasteiger partial charge in [-0.25, -0.2) is 9.97 Å². The number of anilines is 1. The quantitative estimate of drug-likeness (QED) is 0.775. The summed E-state index contributed by atoms with van der Waals surface area (Å²) < 4.78 is 0. The normalized spacial score (nSPS) is 19.8. The van der Waals surface area contributed by atoms with E-state index in [-0.39, 0.29) is 18.9 Å². The molecule has 0 saturated carbocycles. The lowest BCUT2D eigenvalue weighted by molar-refractivity contribution is -0.123. The van der Waals surface area contributed by atoms with E-state index in [1.165, 1.54) is 4.90 Å². The second kappa shape index (κ2) is 4.12. The molecule has 1 aromatic heterocycles. The van der Waals surface area contributed by atoms with Crippen molar-refractivity contribution in [2.45, 2.75) is 20.3 Å². The number of rotatable bonds is 2. The van der Waals surface area contributed by atoms with Crippen LogP contribution in [0.25, 0.3) is 0 Å². The predicted octanol–water partition coefficient (Wildman–Crippen LogP) is -0.0684. The lowest BCUT2D eigenvalue weighted by Crippen LogP contribution is -2.29. The van der Waals surface area contributed by atoms with Crippen LogP contribution < -0.4 is 10.6 Å². The Bertz CT molecular complexity index is 466. The van der Waals surface area contributed by atoms with Crippen LogP contribution in [0.1, 0.15) is 17.8 Å². The van der Waals surface area contributed by atoms with E-state index >= 15 is 0 Å². The van der Waals surface area contributed by atoms with E-state index in [9.17, 15) is 9.59 Å². The maximum atomic E-state index is 11.8. The van der Waals surface area contributed by atoms with Crippen molar-refractivity contribution in [1.29, 1.82) is 0 Å². The summed E-state index contributed by atoms with van der Waals surface area (Å²) >= 11 is 0. The molecule has 1 aromatic rings. The van der Waals surface area contributed by atoms with Gasteiger partial charge in [0.05, 0.1) is 5.92 Å². The van der Waals surface area contributed by atoms with Gasteiger partial charge in [0, 0.05) is 24.4 Å². The smallest absolute Gasteiger partial charge is 0.232 e. The summed E-state index contributed by atoms with van der Waals surface area (Å²) in [7, 11) is 0. The maximum absolute atomic E-state index is 11.8. The average molecular weight is 234 g/mol. The molecule has 2 N–H and O–H groups in total. The zero-order valence-electron chi connectivity index (χ0n) is 9.80. The molecule has 17 heavy (non-hydrogen) atoms. The Balaban J connectivity index is 2.28. The first-order valence-electron chi connectivity index (χ1n) is 5.39. The number of carbonyl (C=O) groups is 2. The second-order valence-electron chi connectivity index (χ2n) is 4.26. The SMILES string of the molecule is Cc1cc(C)nc(N2CC(C(N)=O)CC2=O)n1. The third-order valence-corrected chi connectivity index (χ3v) is 2.74. The van der Waals surface area contributed by atoms with Crippen LogP contribution in [0.4, 0.5) is 5.95 Å². The van der Waals surface area contributed by atoms with E-state index in [4.69, 9.17) is 5.73 Å². The number of hydrogen-bond acceptors (Lipinski definition) is 4. The lowest BCUT2D eigenvalue weighted by Gasteiger charge is -2.14. The fourth-order valence-electron chi connectivity index (χ4n) is 1.92. The summed E-state index contributed by atoms with van der Waals surface area (Å²) in [5.74, 6) is -0.688. The van der Waals surface area contributed by atoms with Crippen LogP contribution in [-0.4, -0.2) is 28.3 Å². The van der Waals surface area contributed by atoms with Crippen molar-refractivity contribution in [3.8, 4) is 0 Å². The fraction of sp³-hybridized carbons (Fsp3) is 0.455. The van der Waals surface area contributed by atoms with Crippen LogP contribution in [0.15, 0.2) is 6.07 Å². The molecule has 2 rings (SSSR count). The molecule has 0 aromatic carbocycles. The molecule has 1 aliphatic rings. The van der Waals surface area contributed by atoms with E-state index in [0.29, 0.717) is 5.95 Å². The van der Waals surface area contributed by atoms with E-state index in [1.54, 1.807) is 0 Å². The molecule has 1 saturated heterocycles. The van der Waals surface area contributed by atoms with E-state index in [0.717, 1.165) is 11.4 Å². The molecule has 90 valence electrons. The van der Waals surface area contributed by atoms with Crippen molar-refractivity contribution < 1.29 is 9.59 Å². The third kappa shape index (κ3) is 2.25. The molecular formula is C11H14N4O2. The lowest BCUT2D eigenvalue weighted by atomic mass is 10.1. The van der Waals surface area contributed by atoms with E-state index in [1.807, 2.05) is 19.9 Å². The number of nitrogens with zero attached hydrogens (tertiary/aromatic N) is 3. The Labute approximate surface area is 98.8 Å². The minimum atomic E-state index is -0.453. The Kier molecular flexibility index (Phi) is 2.79. The standard InChI is InChI=1S/C11H14N4O2/c1-6-3-7(2)14-11(13-6)15-5-8(10(12)17)4-9(15)16/h3,8H,4-5H2,1-2H3,(H2,12,17). The van der Waals surface area contributed by atoms with Crippen LogP contribution in [-0.2, 0) is 9.59 Å². The van der Waals surface area contributed by atoms with Gasteiger partial charge < -0.3 is 5.73 Å². The van der Waals surface area contributed by atoms with Gasteiger partial charge in [0.1, 0.15) is 0 Å². The van der Waals surface area contributed by atoms with Gasteiger partial charge in [-0.15, -0.1) is 0 Å². The van der Waals surface area contributed by atoms with Crippen LogP contribution in [0.5, 0.6) is 0 Å². The molecule has 1 unspecified atom stereocenters. The Morgan fingerprint density at radius 1 is 1.41 bits per heavy atom. The highest BCUT2D eigenvalue weighted by Crippen LogP contribution is 2.22. The number of hydrogen-bond donors (Lipinski definition) is 1.